The molecule has 0 radical (unpaired) electrons. The Labute approximate surface area is 172 Å². The number of carbonyl (C=O) groups is 1. The van der Waals surface area contributed by atoms with Crippen LogP contribution in [0.4, 0.5) is 0 Å². The fourth-order valence-electron chi connectivity index (χ4n) is 3.25. The van der Waals surface area contributed by atoms with Gasteiger partial charge in [0.05, 0.1) is 11.6 Å². The standard InChI is InChI=1S/C26H25NO2/c1-20-13-15-23(16-14-20)26(28)29-24(11-3-2-6-19-27)18-17-22-10-7-9-21-8-4-5-12-25(21)22/h4-5,7-10,12-18,24H,2-3,6,11H2,1H3/b18-17+/t24-/m1/s1. The van der Waals surface area contributed by atoms with Gasteiger partial charge in [-0.25, -0.2) is 4.79 Å². The number of hydrogen-bond donors (Lipinski definition) is 0. The average Bonchev–Trinajstić information content (AvgIpc) is 2.75. The normalized spacial score (nSPS) is 12.0. The van der Waals surface area contributed by atoms with Gasteiger partial charge in [-0.05, 0) is 60.7 Å². The van der Waals surface area contributed by atoms with Crippen molar-refractivity contribution < 1.29 is 9.53 Å². The molecule has 146 valence electrons. The van der Waals surface area contributed by atoms with E-state index in [1.807, 2.05) is 49.4 Å². The predicted octanol–water partition coefficient (Wildman–Crippen LogP) is 6.47. The number of esters is 1. The van der Waals surface area contributed by atoms with Gasteiger partial charge in [0.2, 0.25) is 0 Å². The molecule has 1 atom stereocenters. The lowest BCUT2D eigenvalue weighted by Gasteiger charge is -2.15. The van der Waals surface area contributed by atoms with Gasteiger partial charge in [0, 0.05) is 6.42 Å². The van der Waals surface area contributed by atoms with E-state index in [1.165, 1.54) is 10.8 Å². The van der Waals surface area contributed by atoms with Crippen LogP contribution in [-0.2, 0) is 4.74 Å². The first-order valence-corrected chi connectivity index (χ1v) is 9.98. The van der Waals surface area contributed by atoms with Crippen LogP contribution in [0.3, 0.4) is 0 Å². The number of hydrogen-bond acceptors (Lipinski definition) is 3. The molecule has 3 nitrogen and oxygen atoms in total. The van der Waals surface area contributed by atoms with Gasteiger partial charge in [-0.3, -0.25) is 0 Å². The van der Waals surface area contributed by atoms with E-state index in [1.54, 1.807) is 12.1 Å². The van der Waals surface area contributed by atoms with Crippen molar-refractivity contribution >= 4 is 22.8 Å². The van der Waals surface area contributed by atoms with Gasteiger partial charge in [0.25, 0.3) is 0 Å². The van der Waals surface area contributed by atoms with Crippen molar-refractivity contribution in [2.45, 2.75) is 38.7 Å². The van der Waals surface area contributed by atoms with Crippen LogP contribution >= 0.6 is 0 Å². The van der Waals surface area contributed by atoms with Crippen LogP contribution in [0.5, 0.6) is 0 Å². The molecule has 3 heteroatoms. The Morgan fingerprint density at radius 1 is 1.03 bits per heavy atom. The fourth-order valence-corrected chi connectivity index (χ4v) is 3.25. The summed E-state index contributed by atoms with van der Waals surface area (Å²) in [6, 6.07) is 24.0. The van der Waals surface area contributed by atoms with E-state index in [2.05, 4.69) is 30.3 Å². The van der Waals surface area contributed by atoms with Crippen LogP contribution in [0.15, 0.2) is 72.8 Å². The molecule has 3 rings (SSSR count). The van der Waals surface area contributed by atoms with Gasteiger partial charge in [0.1, 0.15) is 6.10 Å². The molecule has 0 aliphatic heterocycles. The number of fused-ring (bicyclic) bond motifs is 1. The zero-order valence-corrected chi connectivity index (χ0v) is 16.7. The highest BCUT2D eigenvalue weighted by atomic mass is 16.5. The maximum atomic E-state index is 12.6. The van der Waals surface area contributed by atoms with E-state index in [0.29, 0.717) is 18.4 Å². The van der Waals surface area contributed by atoms with Crippen molar-refractivity contribution in [3.05, 3.63) is 89.5 Å². The Morgan fingerprint density at radius 2 is 1.79 bits per heavy atom. The van der Waals surface area contributed by atoms with Gasteiger partial charge < -0.3 is 4.74 Å². The molecule has 0 unspecified atom stereocenters. The minimum atomic E-state index is -0.332. The molecule has 0 N–H and O–H groups in total. The second-order valence-electron chi connectivity index (χ2n) is 7.14. The number of carbonyl (C=O) groups excluding carboxylic acids is 1. The van der Waals surface area contributed by atoms with Gasteiger partial charge in [-0.1, -0.05) is 66.2 Å². The minimum Gasteiger partial charge on any atom is -0.455 e. The summed E-state index contributed by atoms with van der Waals surface area (Å²) >= 11 is 0. The number of nitrogens with zero attached hydrogens (tertiary/aromatic N) is 1. The molecule has 0 fully saturated rings. The molecule has 3 aromatic rings. The number of rotatable bonds is 8. The summed E-state index contributed by atoms with van der Waals surface area (Å²) in [6.07, 6.45) is 6.50. The van der Waals surface area contributed by atoms with Gasteiger partial charge in [-0.2, -0.15) is 5.26 Å². The van der Waals surface area contributed by atoms with E-state index in [0.717, 1.165) is 24.0 Å². The van der Waals surface area contributed by atoms with Gasteiger partial charge >= 0.3 is 5.97 Å². The zero-order valence-electron chi connectivity index (χ0n) is 16.7. The number of aryl methyl sites for hydroxylation is 1. The molecule has 0 heterocycles. The highest BCUT2D eigenvalue weighted by Gasteiger charge is 2.14. The molecule has 0 bridgehead atoms. The Morgan fingerprint density at radius 3 is 2.59 bits per heavy atom. The molecule has 0 spiro atoms. The summed E-state index contributed by atoms with van der Waals surface area (Å²) in [6.45, 7) is 1.99. The second kappa shape index (κ2) is 10.2. The largest absolute Gasteiger partial charge is 0.455 e. The third kappa shape index (κ3) is 5.80. The molecular formula is C26H25NO2. The summed E-state index contributed by atoms with van der Waals surface area (Å²) in [7, 11) is 0. The highest BCUT2D eigenvalue weighted by molar-refractivity contribution is 5.91. The van der Waals surface area contributed by atoms with Gasteiger partial charge in [0.15, 0.2) is 0 Å². The SMILES string of the molecule is Cc1ccc(C(=O)O[C@@H](/C=C/c2cccc3ccccc23)CCCCC#N)cc1. The van der Waals surface area contributed by atoms with Crippen molar-refractivity contribution in [1.82, 2.24) is 0 Å². The second-order valence-corrected chi connectivity index (χ2v) is 7.14. The average molecular weight is 383 g/mol. The van der Waals surface area contributed by atoms with Crippen molar-refractivity contribution in [1.29, 1.82) is 5.26 Å². The van der Waals surface area contributed by atoms with Crippen LogP contribution in [0.1, 0.15) is 47.2 Å². The molecule has 0 saturated carbocycles. The first kappa shape index (κ1) is 20.4. The number of ether oxygens (including phenoxy) is 1. The fraction of sp³-hybridized carbons (Fsp3) is 0.231. The third-order valence-electron chi connectivity index (χ3n) is 4.89. The molecule has 0 aromatic heterocycles. The lowest BCUT2D eigenvalue weighted by atomic mass is 10.0. The van der Waals surface area contributed by atoms with Crippen LogP contribution in [-0.4, -0.2) is 12.1 Å². The van der Waals surface area contributed by atoms with Crippen molar-refractivity contribution in [3.63, 3.8) is 0 Å². The van der Waals surface area contributed by atoms with Crippen LogP contribution < -0.4 is 0 Å². The van der Waals surface area contributed by atoms with Crippen molar-refractivity contribution in [2.75, 3.05) is 0 Å². The highest BCUT2D eigenvalue weighted by Crippen LogP contribution is 2.21. The lowest BCUT2D eigenvalue weighted by Crippen LogP contribution is -2.16. The maximum absolute atomic E-state index is 12.6. The summed E-state index contributed by atoms with van der Waals surface area (Å²) in [5, 5.41) is 11.1. The van der Waals surface area contributed by atoms with Crippen LogP contribution in [0.25, 0.3) is 16.8 Å². The first-order valence-electron chi connectivity index (χ1n) is 9.98. The monoisotopic (exact) mass is 383 g/mol. The van der Waals surface area contributed by atoms with E-state index < -0.39 is 0 Å². The van der Waals surface area contributed by atoms with E-state index in [4.69, 9.17) is 10.00 Å². The minimum absolute atomic E-state index is 0.321. The molecule has 29 heavy (non-hydrogen) atoms. The molecule has 0 aliphatic rings. The molecule has 0 amide bonds. The number of nitriles is 1. The maximum Gasteiger partial charge on any atom is 0.338 e. The van der Waals surface area contributed by atoms with Crippen molar-refractivity contribution in [3.8, 4) is 6.07 Å². The first-order chi connectivity index (χ1) is 14.2. The topological polar surface area (TPSA) is 50.1 Å². The lowest BCUT2D eigenvalue weighted by molar-refractivity contribution is 0.0378. The third-order valence-corrected chi connectivity index (χ3v) is 4.89. The van der Waals surface area contributed by atoms with E-state index >= 15 is 0 Å². The van der Waals surface area contributed by atoms with Gasteiger partial charge in [-0.15, -0.1) is 0 Å². The smallest absolute Gasteiger partial charge is 0.338 e. The number of unbranched alkanes of at least 4 members (excludes halogenated alkanes) is 2. The summed E-state index contributed by atoms with van der Waals surface area (Å²) in [5.74, 6) is -0.321. The summed E-state index contributed by atoms with van der Waals surface area (Å²) in [4.78, 5) is 12.6. The van der Waals surface area contributed by atoms with Crippen LogP contribution in [0, 0.1) is 18.3 Å². The molecule has 0 saturated heterocycles. The van der Waals surface area contributed by atoms with Crippen molar-refractivity contribution in [2.24, 2.45) is 0 Å². The number of benzene rings is 3. The van der Waals surface area contributed by atoms with E-state index in [-0.39, 0.29) is 12.1 Å². The van der Waals surface area contributed by atoms with E-state index in [9.17, 15) is 4.79 Å². The Bertz CT molecular complexity index is 1020. The molecule has 3 aromatic carbocycles. The Hall–Kier alpha value is -3.38. The van der Waals surface area contributed by atoms with Crippen LogP contribution in [0.2, 0.25) is 0 Å². The Kier molecular flexibility index (Phi) is 7.19. The Balaban J connectivity index is 1.77. The summed E-state index contributed by atoms with van der Waals surface area (Å²) in [5.41, 5.74) is 2.75. The molecular weight excluding hydrogens is 358 g/mol. The predicted molar refractivity (Wildman–Crippen MR) is 117 cm³/mol. The summed E-state index contributed by atoms with van der Waals surface area (Å²) < 4.78 is 5.78. The molecule has 0 aliphatic carbocycles. The quantitative estimate of drug-likeness (QED) is 0.331. The zero-order chi connectivity index (χ0) is 20.5.